The molecule has 27 heavy (non-hydrogen) atoms. The molecule has 2 heterocycles. The predicted octanol–water partition coefficient (Wildman–Crippen LogP) is 2.09. The molecule has 0 aliphatic carbocycles. The van der Waals surface area contributed by atoms with Crippen LogP contribution in [0.3, 0.4) is 0 Å². The molecular formula is C20H23N3O4. The van der Waals surface area contributed by atoms with Crippen molar-refractivity contribution < 1.29 is 19.4 Å². The first-order valence-electron chi connectivity index (χ1n) is 8.96. The van der Waals surface area contributed by atoms with Gasteiger partial charge in [0, 0.05) is 50.0 Å². The lowest BCUT2D eigenvalue weighted by atomic mass is 10.0. The normalized spacial score (nSPS) is 13.3. The summed E-state index contributed by atoms with van der Waals surface area (Å²) in [4.78, 5) is 29.3. The van der Waals surface area contributed by atoms with Gasteiger partial charge in [0.2, 0.25) is 11.8 Å². The van der Waals surface area contributed by atoms with Crippen molar-refractivity contribution in [2.45, 2.75) is 26.3 Å². The Morgan fingerprint density at radius 3 is 2.93 bits per heavy atom. The van der Waals surface area contributed by atoms with Crippen molar-refractivity contribution in [3.63, 3.8) is 0 Å². The molecule has 0 fully saturated rings. The van der Waals surface area contributed by atoms with Crippen molar-refractivity contribution in [1.29, 1.82) is 0 Å². The molecule has 0 radical (unpaired) electrons. The summed E-state index contributed by atoms with van der Waals surface area (Å²) in [5, 5.41) is 13.1. The molecule has 3 rings (SSSR count). The number of hydrogen-bond donors (Lipinski definition) is 2. The quantitative estimate of drug-likeness (QED) is 0.788. The van der Waals surface area contributed by atoms with E-state index in [0.29, 0.717) is 44.8 Å². The number of ether oxygens (including phenoxy) is 1. The average Bonchev–Trinajstić information content (AvgIpc) is 2.88. The number of aromatic hydroxyl groups is 1. The summed E-state index contributed by atoms with van der Waals surface area (Å²) in [6.07, 6.45) is 4.36. The monoisotopic (exact) mass is 369 g/mol. The van der Waals surface area contributed by atoms with E-state index in [1.807, 2.05) is 18.2 Å². The third kappa shape index (κ3) is 4.75. The zero-order valence-corrected chi connectivity index (χ0v) is 15.3. The number of aromatic nitrogens is 1. The van der Waals surface area contributed by atoms with Crippen LogP contribution in [-0.4, -0.2) is 46.5 Å². The summed E-state index contributed by atoms with van der Waals surface area (Å²) in [6, 6.07) is 7.33. The number of nitrogens with zero attached hydrogens (tertiary/aromatic N) is 2. The van der Waals surface area contributed by atoms with E-state index in [4.69, 9.17) is 4.74 Å². The van der Waals surface area contributed by atoms with Crippen LogP contribution in [0.5, 0.6) is 11.5 Å². The van der Waals surface area contributed by atoms with Crippen LogP contribution >= 0.6 is 0 Å². The summed E-state index contributed by atoms with van der Waals surface area (Å²) in [5.74, 6) is 0.392. The van der Waals surface area contributed by atoms with Gasteiger partial charge >= 0.3 is 0 Å². The first-order valence-corrected chi connectivity index (χ1v) is 8.96. The van der Waals surface area contributed by atoms with Crippen LogP contribution in [0.2, 0.25) is 0 Å². The fourth-order valence-corrected chi connectivity index (χ4v) is 3.07. The summed E-state index contributed by atoms with van der Waals surface area (Å²) < 4.78 is 5.69. The Kier molecular flexibility index (Phi) is 5.90. The Morgan fingerprint density at radius 1 is 1.33 bits per heavy atom. The minimum Gasteiger partial charge on any atom is -0.504 e. The maximum Gasteiger partial charge on any atom is 0.223 e. The maximum atomic E-state index is 12.5. The zero-order chi connectivity index (χ0) is 19.2. The number of rotatable bonds is 5. The molecule has 0 spiro atoms. The van der Waals surface area contributed by atoms with Crippen LogP contribution in [0.25, 0.3) is 11.1 Å². The van der Waals surface area contributed by atoms with Crippen molar-refractivity contribution >= 4 is 11.8 Å². The van der Waals surface area contributed by atoms with Gasteiger partial charge in [-0.2, -0.15) is 0 Å². The summed E-state index contributed by atoms with van der Waals surface area (Å²) in [6.45, 7) is 3.08. The number of benzene rings is 1. The second-order valence-corrected chi connectivity index (χ2v) is 6.48. The lowest BCUT2D eigenvalue weighted by molar-refractivity contribution is -0.132. The number of pyridine rings is 1. The van der Waals surface area contributed by atoms with Crippen molar-refractivity contribution in [3.8, 4) is 22.6 Å². The van der Waals surface area contributed by atoms with E-state index in [9.17, 15) is 14.7 Å². The summed E-state index contributed by atoms with van der Waals surface area (Å²) in [7, 11) is 0. The number of carbonyl (C=O) groups is 2. The Bertz CT molecular complexity index is 823. The standard InChI is InChI=1S/C20H23N3O4/c1-14(24)22-7-3-5-19(26)23-8-9-27-20-17(13-23)10-16(11-18(20)25)15-4-2-6-21-12-15/h2,4,6,10-12,25H,3,5,7-9,13H2,1H3,(H,22,24). The second kappa shape index (κ2) is 8.53. The smallest absolute Gasteiger partial charge is 0.223 e. The van der Waals surface area contributed by atoms with Gasteiger partial charge < -0.3 is 20.1 Å². The number of phenols is 1. The third-order valence-electron chi connectivity index (χ3n) is 4.40. The Balaban J connectivity index is 1.74. The molecular weight excluding hydrogens is 346 g/mol. The second-order valence-electron chi connectivity index (χ2n) is 6.48. The van der Waals surface area contributed by atoms with E-state index in [2.05, 4.69) is 10.3 Å². The van der Waals surface area contributed by atoms with Crippen molar-refractivity contribution in [2.75, 3.05) is 19.7 Å². The van der Waals surface area contributed by atoms with Crippen LogP contribution in [-0.2, 0) is 16.1 Å². The van der Waals surface area contributed by atoms with Crippen LogP contribution in [0.4, 0.5) is 0 Å². The van der Waals surface area contributed by atoms with E-state index in [0.717, 1.165) is 16.7 Å². The van der Waals surface area contributed by atoms with Gasteiger partial charge in [0.1, 0.15) is 6.61 Å². The van der Waals surface area contributed by atoms with Gasteiger partial charge in [-0.3, -0.25) is 14.6 Å². The Hall–Kier alpha value is -3.09. The molecule has 0 bridgehead atoms. The number of fused-ring (bicyclic) bond motifs is 1. The molecule has 1 aliphatic heterocycles. The van der Waals surface area contributed by atoms with E-state index >= 15 is 0 Å². The average molecular weight is 369 g/mol. The van der Waals surface area contributed by atoms with Crippen molar-refractivity contribution in [3.05, 3.63) is 42.2 Å². The highest BCUT2D eigenvalue weighted by atomic mass is 16.5. The lowest BCUT2D eigenvalue weighted by Gasteiger charge is -2.20. The molecule has 0 unspecified atom stereocenters. The molecule has 1 aromatic carbocycles. The molecule has 142 valence electrons. The predicted molar refractivity (Wildman–Crippen MR) is 100 cm³/mol. The molecule has 0 saturated heterocycles. The summed E-state index contributed by atoms with van der Waals surface area (Å²) >= 11 is 0. The van der Waals surface area contributed by atoms with Crippen LogP contribution in [0.15, 0.2) is 36.7 Å². The molecule has 7 heteroatoms. The largest absolute Gasteiger partial charge is 0.504 e. The Morgan fingerprint density at radius 2 is 2.19 bits per heavy atom. The van der Waals surface area contributed by atoms with Crippen LogP contribution in [0.1, 0.15) is 25.3 Å². The zero-order valence-electron chi connectivity index (χ0n) is 15.3. The molecule has 7 nitrogen and oxygen atoms in total. The number of amides is 2. The van der Waals surface area contributed by atoms with Gasteiger partial charge in [-0.25, -0.2) is 0 Å². The third-order valence-corrected chi connectivity index (χ3v) is 4.40. The van der Waals surface area contributed by atoms with Gasteiger partial charge in [-0.1, -0.05) is 6.07 Å². The number of hydrogen-bond acceptors (Lipinski definition) is 5. The highest BCUT2D eigenvalue weighted by Crippen LogP contribution is 2.37. The highest BCUT2D eigenvalue weighted by molar-refractivity contribution is 5.77. The first kappa shape index (κ1) is 18.7. The molecule has 2 amide bonds. The molecule has 1 aliphatic rings. The number of carbonyl (C=O) groups excluding carboxylic acids is 2. The van der Waals surface area contributed by atoms with Gasteiger partial charge in [0.25, 0.3) is 0 Å². The molecule has 0 saturated carbocycles. The van der Waals surface area contributed by atoms with E-state index in [1.165, 1.54) is 6.92 Å². The minimum absolute atomic E-state index is 0.00285. The Labute approximate surface area is 158 Å². The SMILES string of the molecule is CC(=O)NCCCC(=O)N1CCOc2c(O)cc(-c3cccnc3)cc2C1. The van der Waals surface area contributed by atoms with Gasteiger partial charge in [-0.05, 0) is 30.2 Å². The summed E-state index contributed by atoms with van der Waals surface area (Å²) in [5.41, 5.74) is 2.47. The molecule has 2 aromatic rings. The van der Waals surface area contributed by atoms with E-state index in [-0.39, 0.29) is 17.6 Å². The van der Waals surface area contributed by atoms with Crippen LogP contribution < -0.4 is 10.1 Å². The molecule has 0 atom stereocenters. The minimum atomic E-state index is -0.0991. The maximum absolute atomic E-state index is 12.5. The molecule has 1 aromatic heterocycles. The number of nitrogens with one attached hydrogen (secondary N) is 1. The van der Waals surface area contributed by atoms with Crippen molar-refractivity contribution in [2.24, 2.45) is 0 Å². The van der Waals surface area contributed by atoms with E-state index < -0.39 is 0 Å². The van der Waals surface area contributed by atoms with Gasteiger partial charge in [0.15, 0.2) is 11.5 Å². The lowest BCUT2D eigenvalue weighted by Crippen LogP contribution is -2.33. The van der Waals surface area contributed by atoms with E-state index in [1.54, 1.807) is 23.4 Å². The topological polar surface area (TPSA) is 91.8 Å². The fourth-order valence-electron chi connectivity index (χ4n) is 3.07. The van der Waals surface area contributed by atoms with Crippen molar-refractivity contribution in [1.82, 2.24) is 15.2 Å². The fraction of sp³-hybridized carbons (Fsp3) is 0.350. The highest BCUT2D eigenvalue weighted by Gasteiger charge is 2.22. The number of phenolic OH excluding ortho intramolecular Hbond substituents is 1. The van der Waals surface area contributed by atoms with Gasteiger partial charge in [0.05, 0.1) is 6.54 Å². The van der Waals surface area contributed by atoms with Crippen LogP contribution in [0, 0.1) is 0 Å². The first-order chi connectivity index (χ1) is 13.0. The van der Waals surface area contributed by atoms with Gasteiger partial charge in [-0.15, -0.1) is 0 Å². The molecule has 2 N–H and O–H groups in total.